The molecule has 230 valence electrons. The van der Waals surface area contributed by atoms with E-state index in [1.807, 2.05) is 40.9 Å². The summed E-state index contributed by atoms with van der Waals surface area (Å²) >= 11 is 1.87. The van der Waals surface area contributed by atoms with Gasteiger partial charge in [0, 0.05) is 60.2 Å². The maximum Gasteiger partial charge on any atom is 0.323 e. The average Bonchev–Trinajstić information content (AvgIpc) is 3.33. The standard InChI is InChI=1S/C31H36N8O4S/c40-28(37-13-17-44-18-14-37)22-3-7-24(8-4-22)33-31(41)32-23-5-1-21(2-6-23)27-34-29(38-11-15-42-16-12-38)36-30(35-27)39-25-9-10-26(39)20-43-19-25/h1-8,25-26H,9-20H2,(H2,32,33,41). The number of hydrogen-bond acceptors (Lipinski definition) is 10. The van der Waals surface area contributed by atoms with Crippen LogP contribution in [0.25, 0.3) is 11.4 Å². The maximum absolute atomic E-state index is 12.7. The Hall–Kier alpha value is -3.94. The molecule has 2 bridgehead atoms. The smallest absolute Gasteiger partial charge is 0.323 e. The largest absolute Gasteiger partial charge is 0.378 e. The number of benzene rings is 2. The zero-order valence-corrected chi connectivity index (χ0v) is 25.3. The van der Waals surface area contributed by atoms with Crippen LogP contribution in [0.3, 0.4) is 0 Å². The predicted molar refractivity (Wildman–Crippen MR) is 171 cm³/mol. The Morgan fingerprint density at radius 3 is 2.02 bits per heavy atom. The third-order valence-electron chi connectivity index (χ3n) is 8.47. The second-order valence-corrected chi connectivity index (χ2v) is 12.6. The highest BCUT2D eigenvalue weighted by molar-refractivity contribution is 7.99. The lowest BCUT2D eigenvalue weighted by Gasteiger charge is -2.35. The lowest BCUT2D eigenvalue weighted by Crippen LogP contribution is -2.47. The second kappa shape index (κ2) is 13.0. The zero-order valence-electron chi connectivity index (χ0n) is 24.5. The number of anilines is 4. The summed E-state index contributed by atoms with van der Waals surface area (Å²) in [5, 5.41) is 5.72. The van der Waals surface area contributed by atoms with Crippen LogP contribution in [0.1, 0.15) is 23.2 Å². The third kappa shape index (κ3) is 6.30. The Kier molecular flexibility index (Phi) is 8.49. The van der Waals surface area contributed by atoms with Crippen LogP contribution in [0.2, 0.25) is 0 Å². The molecule has 4 aliphatic heterocycles. The summed E-state index contributed by atoms with van der Waals surface area (Å²) in [6.07, 6.45) is 2.14. The number of aromatic nitrogens is 3. The summed E-state index contributed by atoms with van der Waals surface area (Å²) < 4.78 is 11.3. The molecule has 7 rings (SSSR count). The number of hydrogen-bond donors (Lipinski definition) is 2. The van der Waals surface area contributed by atoms with Crippen LogP contribution in [-0.2, 0) is 9.47 Å². The third-order valence-corrected chi connectivity index (χ3v) is 9.41. The van der Waals surface area contributed by atoms with Crippen molar-refractivity contribution in [2.45, 2.75) is 24.9 Å². The minimum atomic E-state index is -0.371. The molecular formula is C31H36N8O4S. The Morgan fingerprint density at radius 2 is 1.36 bits per heavy atom. The van der Waals surface area contributed by atoms with Gasteiger partial charge in [-0.05, 0) is 61.4 Å². The maximum atomic E-state index is 12.7. The SMILES string of the molecule is O=C(Nc1ccc(C(=O)N2CCSCC2)cc1)Nc1ccc(-c2nc(N3CCOCC3)nc(N3C4CCC3COC4)n2)cc1. The molecule has 2 atom stereocenters. The summed E-state index contributed by atoms with van der Waals surface area (Å²) in [7, 11) is 0. The van der Waals surface area contributed by atoms with E-state index < -0.39 is 0 Å². The fourth-order valence-electron chi connectivity index (χ4n) is 6.10. The van der Waals surface area contributed by atoms with E-state index in [1.165, 1.54) is 0 Å². The molecular weight excluding hydrogens is 580 g/mol. The Balaban J connectivity index is 1.03. The van der Waals surface area contributed by atoms with E-state index >= 15 is 0 Å². The van der Waals surface area contributed by atoms with E-state index in [0.717, 1.165) is 56.1 Å². The van der Waals surface area contributed by atoms with Crippen molar-refractivity contribution in [2.75, 3.05) is 84.5 Å². The normalized spacial score (nSPS) is 21.7. The molecule has 5 heterocycles. The Bertz CT molecular complexity index is 1460. The number of ether oxygens (including phenoxy) is 2. The highest BCUT2D eigenvalue weighted by Gasteiger charge is 2.39. The van der Waals surface area contributed by atoms with Gasteiger partial charge in [-0.25, -0.2) is 4.79 Å². The van der Waals surface area contributed by atoms with E-state index in [-0.39, 0.29) is 24.0 Å². The van der Waals surface area contributed by atoms with Crippen molar-refractivity contribution in [1.29, 1.82) is 0 Å². The minimum Gasteiger partial charge on any atom is -0.378 e. The van der Waals surface area contributed by atoms with Crippen LogP contribution in [0.15, 0.2) is 48.5 Å². The molecule has 4 fully saturated rings. The lowest BCUT2D eigenvalue weighted by atomic mass is 10.1. The molecule has 3 amide bonds. The summed E-state index contributed by atoms with van der Waals surface area (Å²) in [6.45, 7) is 5.65. The molecule has 44 heavy (non-hydrogen) atoms. The van der Waals surface area contributed by atoms with E-state index in [4.69, 9.17) is 24.4 Å². The molecule has 4 saturated heterocycles. The first kappa shape index (κ1) is 28.8. The van der Waals surface area contributed by atoms with Gasteiger partial charge in [-0.1, -0.05) is 0 Å². The van der Waals surface area contributed by atoms with Gasteiger partial charge in [0.25, 0.3) is 5.91 Å². The van der Waals surface area contributed by atoms with Crippen molar-refractivity contribution >= 4 is 47.0 Å². The van der Waals surface area contributed by atoms with Gasteiger partial charge in [-0.3, -0.25) is 4.79 Å². The molecule has 2 aromatic carbocycles. The van der Waals surface area contributed by atoms with Gasteiger partial charge in [0.05, 0.1) is 38.5 Å². The first-order chi connectivity index (χ1) is 21.6. The van der Waals surface area contributed by atoms with Gasteiger partial charge in [0.2, 0.25) is 11.9 Å². The van der Waals surface area contributed by atoms with Crippen LogP contribution < -0.4 is 20.4 Å². The number of morpholine rings is 2. The number of thioether (sulfide) groups is 1. The number of carbonyl (C=O) groups is 2. The fraction of sp³-hybridized carbons (Fsp3) is 0.452. The quantitative estimate of drug-likeness (QED) is 0.425. The molecule has 4 aliphatic rings. The van der Waals surface area contributed by atoms with Gasteiger partial charge in [0.1, 0.15) is 0 Å². The van der Waals surface area contributed by atoms with Crippen molar-refractivity contribution in [2.24, 2.45) is 0 Å². The minimum absolute atomic E-state index is 0.0288. The van der Waals surface area contributed by atoms with Crippen molar-refractivity contribution in [3.63, 3.8) is 0 Å². The van der Waals surface area contributed by atoms with Crippen LogP contribution in [-0.4, -0.2) is 108 Å². The number of nitrogens with zero attached hydrogens (tertiary/aromatic N) is 6. The van der Waals surface area contributed by atoms with Gasteiger partial charge < -0.3 is 34.8 Å². The highest BCUT2D eigenvalue weighted by atomic mass is 32.2. The molecule has 0 aliphatic carbocycles. The molecule has 12 nitrogen and oxygen atoms in total. The van der Waals surface area contributed by atoms with Crippen molar-refractivity contribution in [3.8, 4) is 11.4 Å². The zero-order chi connectivity index (χ0) is 29.9. The molecule has 0 radical (unpaired) electrons. The fourth-order valence-corrected chi connectivity index (χ4v) is 7.00. The average molecular weight is 617 g/mol. The van der Waals surface area contributed by atoms with E-state index in [9.17, 15) is 9.59 Å². The van der Waals surface area contributed by atoms with Crippen LogP contribution >= 0.6 is 11.8 Å². The van der Waals surface area contributed by atoms with Gasteiger partial charge >= 0.3 is 6.03 Å². The van der Waals surface area contributed by atoms with Crippen LogP contribution in [0.5, 0.6) is 0 Å². The van der Waals surface area contributed by atoms with Gasteiger partial charge in [-0.15, -0.1) is 0 Å². The highest BCUT2D eigenvalue weighted by Crippen LogP contribution is 2.34. The van der Waals surface area contributed by atoms with E-state index in [0.29, 0.717) is 61.1 Å². The topological polar surface area (TPSA) is 125 Å². The van der Waals surface area contributed by atoms with Crippen LogP contribution in [0.4, 0.5) is 28.1 Å². The molecule has 3 aromatic rings. The van der Waals surface area contributed by atoms with Gasteiger partial charge in [0.15, 0.2) is 5.82 Å². The molecule has 0 saturated carbocycles. The molecule has 2 unspecified atom stereocenters. The van der Waals surface area contributed by atoms with E-state index in [2.05, 4.69) is 20.4 Å². The van der Waals surface area contributed by atoms with Crippen molar-refractivity contribution < 1.29 is 19.1 Å². The first-order valence-electron chi connectivity index (χ1n) is 15.2. The van der Waals surface area contributed by atoms with E-state index in [1.54, 1.807) is 24.3 Å². The number of nitrogens with one attached hydrogen (secondary N) is 2. The monoisotopic (exact) mass is 616 g/mol. The number of fused-ring (bicyclic) bond motifs is 2. The van der Waals surface area contributed by atoms with Crippen molar-refractivity contribution in [3.05, 3.63) is 54.1 Å². The Labute approximate surface area is 260 Å². The number of amides is 3. The second-order valence-electron chi connectivity index (χ2n) is 11.3. The van der Waals surface area contributed by atoms with Crippen molar-refractivity contribution in [1.82, 2.24) is 19.9 Å². The molecule has 2 N–H and O–H groups in total. The van der Waals surface area contributed by atoms with Crippen LogP contribution in [0, 0.1) is 0 Å². The van der Waals surface area contributed by atoms with Gasteiger partial charge in [-0.2, -0.15) is 26.7 Å². The summed E-state index contributed by atoms with van der Waals surface area (Å²) in [5.74, 6) is 3.90. The predicted octanol–water partition coefficient (Wildman–Crippen LogP) is 3.58. The lowest BCUT2D eigenvalue weighted by molar-refractivity contribution is 0.0772. The number of rotatable bonds is 6. The summed E-state index contributed by atoms with van der Waals surface area (Å²) in [5.41, 5.74) is 2.70. The molecule has 13 heteroatoms. The number of urea groups is 1. The molecule has 1 aromatic heterocycles. The summed E-state index contributed by atoms with van der Waals surface area (Å²) in [4.78, 5) is 46.5. The first-order valence-corrected chi connectivity index (χ1v) is 16.4. The molecule has 0 spiro atoms. The number of carbonyl (C=O) groups excluding carboxylic acids is 2. The Morgan fingerprint density at radius 1 is 0.750 bits per heavy atom. The summed E-state index contributed by atoms with van der Waals surface area (Å²) in [6, 6.07) is 14.7.